The van der Waals surface area contributed by atoms with Gasteiger partial charge in [-0.15, -0.1) is 0 Å². The fourth-order valence-electron chi connectivity index (χ4n) is 1.30. The summed E-state index contributed by atoms with van der Waals surface area (Å²) in [5.74, 6) is -0.223. The van der Waals surface area contributed by atoms with Gasteiger partial charge in [0.1, 0.15) is 12.4 Å². The number of carbonyl (C=O) groups excluding carboxylic acids is 1. The van der Waals surface area contributed by atoms with Crippen LogP contribution in [0, 0.1) is 12.7 Å². The van der Waals surface area contributed by atoms with Gasteiger partial charge in [0.15, 0.2) is 6.73 Å². The summed E-state index contributed by atoms with van der Waals surface area (Å²) in [4.78, 5) is 12.3. The number of hydrogen-bond acceptors (Lipinski definition) is 5. The maximum Gasteiger partial charge on any atom is 0.304 e. The molecule has 5 nitrogen and oxygen atoms in total. The molecule has 0 spiro atoms. The number of hydrogen-bond donors (Lipinski definition) is 2. The third-order valence-corrected chi connectivity index (χ3v) is 1.99. The molecule has 1 aromatic carbocycles. The van der Waals surface area contributed by atoms with Crippen LogP contribution >= 0.6 is 0 Å². The Balaban J connectivity index is 2.13. The van der Waals surface area contributed by atoms with Crippen LogP contribution in [0.25, 0.3) is 0 Å². The molecule has 0 aromatic heterocycles. The molecule has 1 aromatic rings. The first-order valence-electron chi connectivity index (χ1n) is 4.41. The Bertz CT molecular complexity index is 392. The van der Waals surface area contributed by atoms with E-state index in [2.05, 4.69) is 11.4 Å². The summed E-state index contributed by atoms with van der Waals surface area (Å²) < 4.78 is 4.84. The van der Waals surface area contributed by atoms with Crippen molar-refractivity contribution in [1.29, 1.82) is 0 Å². The van der Waals surface area contributed by atoms with Gasteiger partial charge in [-0.05, 0) is 6.07 Å². The quantitative estimate of drug-likeness (QED) is 0.559. The second-order valence-electron chi connectivity index (χ2n) is 3.13. The van der Waals surface area contributed by atoms with E-state index < -0.39 is 0 Å². The number of rotatable bonds is 2. The third kappa shape index (κ3) is 1.96. The van der Waals surface area contributed by atoms with Gasteiger partial charge in [0.25, 0.3) is 0 Å². The number of anilines is 2. The molecule has 0 unspecified atom stereocenters. The molecule has 1 aliphatic rings. The molecule has 2 rings (SSSR count). The number of fused-ring (bicyclic) bond motifs is 1. The maximum absolute atomic E-state index is 10.6. The Morgan fingerprint density at radius 3 is 3.27 bits per heavy atom. The summed E-state index contributed by atoms with van der Waals surface area (Å²) >= 11 is 0. The van der Waals surface area contributed by atoms with Gasteiger partial charge in [-0.25, -0.2) is 0 Å². The molecule has 0 fully saturated rings. The van der Waals surface area contributed by atoms with E-state index in [9.17, 15) is 9.90 Å². The first-order valence-corrected chi connectivity index (χ1v) is 4.41. The lowest BCUT2D eigenvalue weighted by Gasteiger charge is -2.16. The van der Waals surface area contributed by atoms with E-state index in [0.29, 0.717) is 0 Å². The number of ether oxygens (including phenoxy) is 1. The molecule has 78 valence electrons. The normalized spacial score (nSPS) is 13.3. The molecule has 0 saturated carbocycles. The SMILES string of the molecule is CC(=O)OCN1[CH]Nc2[c]cc(O)cc21. The Morgan fingerprint density at radius 1 is 1.73 bits per heavy atom. The maximum atomic E-state index is 10.6. The lowest BCUT2D eigenvalue weighted by Crippen LogP contribution is -2.22. The first-order chi connectivity index (χ1) is 7.16. The minimum absolute atomic E-state index is 0.118. The molecule has 15 heavy (non-hydrogen) atoms. The number of benzene rings is 1. The van der Waals surface area contributed by atoms with Crippen LogP contribution in [-0.4, -0.2) is 17.8 Å². The number of esters is 1. The van der Waals surface area contributed by atoms with Crippen LogP contribution in [0.4, 0.5) is 11.4 Å². The van der Waals surface area contributed by atoms with E-state index in [0.717, 1.165) is 11.4 Å². The molecule has 0 bridgehead atoms. The second kappa shape index (κ2) is 3.68. The summed E-state index contributed by atoms with van der Waals surface area (Å²) in [7, 11) is 0. The van der Waals surface area contributed by atoms with Crippen molar-refractivity contribution in [3.05, 3.63) is 24.9 Å². The Kier molecular flexibility index (Phi) is 2.37. The van der Waals surface area contributed by atoms with Crippen molar-refractivity contribution in [2.24, 2.45) is 0 Å². The number of nitrogens with zero attached hydrogens (tertiary/aromatic N) is 1. The topological polar surface area (TPSA) is 61.8 Å². The Morgan fingerprint density at radius 2 is 2.53 bits per heavy atom. The van der Waals surface area contributed by atoms with Crippen molar-refractivity contribution < 1.29 is 14.6 Å². The lowest BCUT2D eigenvalue weighted by atomic mass is 10.2. The summed E-state index contributed by atoms with van der Waals surface area (Å²) in [5, 5.41) is 12.2. The van der Waals surface area contributed by atoms with E-state index in [1.807, 2.05) is 0 Å². The van der Waals surface area contributed by atoms with Crippen molar-refractivity contribution >= 4 is 17.3 Å². The van der Waals surface area contributed by atoms with Gasteiger partial charge in [-0.1, -0.05) is 0 Å². The van der Waals surface area contributed by atoms with Crippen LogP contribution in [0.15, 0.2) is 12.1 Å². The van der Waals surface area contributed by atoms with Gasteiger partial charge in [-0.3, -0.25) is 4.79 Å². The molecule has 0 aliphatic carbocycles. The molecule has 0 atom stereocenters. The molecule has 0 amide bonds. The number of nitrogens with one attached hydrogen (secondary N) is 1. The van der Waals surface area contributed by atoms with E-state index in [-0.39, 0.29) is 18.4 Å². The number of carbonyl (C=O) groups is 1. The summed E-state index contributed by atoms with van der Waals surface area (Å²) in [5.41, 5.74) is 1.48. The van der Waals surface area contributed by atoms with Crippen molar-refractivity contribution in [1.82, 2.24) is 0 Å². The zero-order chi connectivity index (χ0) is 10.8. The predicted octanol–water partition coefficient (Wildman–Crippen LogP) is 1.06. The largest absolute Gasteiger partial charge is 0.508 e. The van der Waals surface area contributed by atoms with Crippen LogP contribution in [0.5, 0.6) is 5.75 Å². The van der Waals surface area contributed by atoms with Gasteiger partial charge in [0.05, 0.1) is 11.4 Å². The highest BCUT2D eigenvalue weighted by atomic mass is 16.5. The van der Waals surface area contributed by atoms with Crippen LogP contribution < -0.4 is 10.2 Å². The number of phenolic OH excluding ortho intramolecular Hbond substituents is 1. The second-order valence-corrected chi connectivity index (χ2v) is 3.13. The monoisotopic (exact) mass is 206 g/mol. The van der Waals surface area contributed by atoms with E-state index >= 15 is 0 Å². The minimum Gasteiger partial charge on any atom is -0.508 e. The fraction of sp³-hybridized carbons (Fsp3) is 0.200. The minimum atomic E-state index is -0.346. The van der Waals surface area contributed by atoms with Gasteiger partial charge >= 0.3 is 5.97 Å². The van der Waals surface area contributed by atoms with Crippen molar-refractivity contribution in [2.45, 2.75) is 6.92 Å². The Hall–Kier alpha value is -1.91. The van der Waals surface area contributed by atoms with Gasteiger partial charge in [-0.2, -0.15) is 0 Å². The van der Waals surface area contributed by atoms with Gasteiger partial charge in [0, 0.05) is 19.1 Å². The summed E-state index contributed by atoms with van der Waals surface area (Å²) in [6, 6.07) is 5.90. The molecule has 2 N–H and O–H groups in total. The first kappa shape index (κ1) is 9.64. The highest BCUT2D eigenvalue weighted by Gasteiger charge is 2.20. The standard InChI is InChI=1S/C10H10N2O3/c1-7(13)15-6-12-5-11-9-3-2-8(14)4-10(9)12/h2,4-5,11,14H,6H2,1H3. The number of aromatic hydroxyl groups is 1. The molecule has 2 radical (unpaired) electrons. The predicted molar refractivity (Wildman–Crippen MR) is 54.0 cm³/mol. The summed E-state index contributed by atoms with van der Waals surface area (Å²) in [6.07, 6.45) is 0. The van der Waals surface area contributed by atoms with E-state index in [4.69, 9.17) is 4.74 Å². The van der Waals surface area contributed by atoms with Crippen molar-refractivity contribution in [2.75, 3.05) is 16.9 Å². The molecule has 1 heterocycles. The third-order valence-electron chi connectivity index (χ3n) is 1.99. The van der Waals surface area contributed by atoms with E-state index in [1.54, 1.807) is 17.6 Å². The van der Waals surface area contributed by atoms with E-state index in [1.165, 1.54) is 13.0 Å². The van der Waals surface area contributed by atoms with Gasteiger partial charge < -0.3 is 20.1 Å². The Labute approximate surface area is 87.3 Å². The molecule has 5 heteroatoms. The smallest absolute Gasteiger partial charge is 0.304 e. The molecular weight excluding hydrogens is 196 g/mol. The average Bonchev–Trinajstić information content (AvgIpc) is 2.57. The highest BCUT2D eigenvalue weighted by Crippen LogP contribution is 2.34. The van der Waals surface area contributed by atoms with Crippen LogP contribution in [0.2, 0.25) is 0 Å². The summed E-state index contributed by atoms with van der Waals surface area (Å²) in [6.45, 7) is 3.12. The highest BCUT2D eigenvalue weighted by molar-refractivity contribution is 5.78. The van der Waals surface area contributed by atoms with Gasteiger partial charge in [0.2, 0.25) is 0 Å². The zero-order valence-electron chi connectivity index (χ0n) is 8.15. The molecular formula is C10H10N2O3. The lowest BCUT2D eigenvalue weighted by molar-refractivity contribution is -0.140. The van der Waals surface area contributed by atoms with Crippen LogP contribution in [0.3, 0.4) is 0 Å². The van der Waals surface area contributed by atoms with Crippen molar-refractivity contribution in [3.63, 3.8) is 0 Å². The molecule has 0 saturated heterocycles. The van der Waals surface area contributed by atoms with Crippen molar-refractivity contribution in [3.8, 4) is 5.75 Å². The average molecular weight is 206 g/mol. The molecule has 1 aliphatic heterocycles. The number of phenols is 1. The van der Waals surface area contributed by atoms with Crippen LogP contribution in [0.1, 0.15) is 6.92 Å². The fourth-order valence-corrected chi connectivity index (χ4v) is 1.30. The zero-order valence-corrected chi connectivity index (χ0v) is 8.15. The van der Waals surface area contributed by atoms with Crippen LogP contribution in [-0.2, 0) is 9.53 Å².